The van der Waals surface area contributed by atoms with Crippen LogP contribution in [0.2, 0.25) is 0 Å². The molecule has 0 bridgehead atoms. The lowest BCUT2D eigenvalue weighted by molar-refractivity contribution is 0.145. The molecule has 112 valence electrons. The lowest BCUT2D eigenvalue weighted by atomic mass is 9.89. The van der Waals surface area contributed by atoms with Gasteiger partial charge in [0.05, 0.1) is 0 Å². The molecule has 1 N–H and O–H groups in total. The van der Waals surface area contributed by atoms with E-state index in [1.54, 1.807) is 12.1 Å². The molecule has 0 saturated carbocycles. The zero-order valence-electron chi connectivity index (χ0n) is 12.1. The summed E-state index contributed by atoms with van der Waals surface area (Å²) in [6, 6.07) is 8.18. The van der Waals surface area contributed by atoms with Gasteiger partial charge >= 0.3 is 0 Å². The number of hydrogen-bond donors (Lipinski definition) is 1. The average Bonchev–Trinajstić information content (AvgIpc) is 2.37. The van der Waals surface area contributed by atoms with E-state index in [0.29, 0.717) is 34.7 Å². The van der Waals surface area contributed by atoms with Gasteiger partial charge in [0.1, 0.15) is 0 Å². The number of thioether (sulfide) groups is 1. The standard InChI is InChI=1S/C15H22F2N2S/c1-10-9-19(3)11(2)8-13(10)18-12-6-4-5-7-14(12)20-15(16)17/h4-7,10-11,13,15,18H,8-9H2,1-3H3. The number of alkyl halides is 2. The second-order valence-corrected chi connectivity index (χ2v) is 6.66. The van der Waals surface area contributed by atoms with Crippen molar-refractivity contribution in [3.8, 4) is 0 Å². The van der Waals surface area contributed by atoms with Gasteiger partial charge in [0.2, 0.25) is 0 Å². The van der Waals surface area contributed by atoms with Crippen LogP contribution in [0.4, 0.5) is 14.5 Å². The Bertz CT molecular complexity index is 442. The molecule has 3 atom stereocenters. The van der Waals surface area contributed by atoms with Crippen LogP contribution in [0.25, 0.3) is 0 Å². The first-order valence-corrected chi connectivity index (χ1v) is 7.86. The molecule has 0 aromatic heterocycles. The first-order chi connectivity index (χ1) is 9.47. The van der Waals surface area contributed by atoms with Crippen LogP contribution in [0.5, 0.6) is 0 Å². The van der Waals surface area contributed by atoms with Gasteiger partial charge in [0, 0.05) is 29.2 Å². The number of piperidine rings is 1. The van der Waals surface area contributed by atoms with Crippen LogP contribution < -0.4 is 5.32 Å². The molecule has 1 fully saturated rings. The minimum atomic E-state index is -2.38. The molecule has 2 rings (SSSR count). The van der Waals surface area contributed by atoms with Gasteiger partial charge < -0.3 is 10.2 Å². The highest BCUT2D eigenvalue weighted by Crippen LogP contribution is 2.33. The Labute approximate surface area is 123 Å². The summed E-state index contributed by atoms with van der Waals surface area (Å²) < 4.78 is 25.2. The van der Waals surface area contributed by atoms with E-state index in [1.807, 2.05) is 12.1 Å². The van der Waals surface area contributed by atoms with Crippen molar-refractivity contribution in [1.29, 1.82) is 0 Å². The van der Waals surface area contributed by atoms with Crippen LogP contribution in [0.3, 0.4) is 0 Å². The number of anilines is 1. The smallest absolute Gasteiger partial charge is 0.288 e. The monoisotopic (exact) mass is 300 g/mol. The second kappa shape index (κ2) is 6.76. The summed E-state index contributed by atoms with van der Waals surface area (Å²) in [6.07, 6.45) is 1.03. The predicted octanol–water partition coefficient (Wildman–Crippen LogP) is 4.14. The topological polar surface area (TPSA) is 15.3 Å². The second-order valence-electron chi connectivity index (χ2n) is 5.63. The number of nitrogens with one attached hydrogen (secondary N) is 1. The highest BCUT2D eigenvalue weighted by Gasteiger charge is 2.29. The minimum absolute atomic E-state index is 0.334. The molecular weight excluding hydrogens is 278 g/mol. The average molecular weight is 300 g/mol. The van der Waals surface area contributed by atoms with Gasteiger partial charge in [-0.3, -0.25) is 0 Å². The summed E-state index contributed by atoms with van der Waals surface area (Å²) in [7, 11) is 2.14. The molecule has 1 saturated heterocycles. The van der Waals surface area contributed by atoms with E-state index in [4.69, 9.17) is 0 Å². The van der Waals surface area contributed by atoms with Crippen molar-refractivity contribution >= 4 is 17.4 Å². The molecule has 20 heavy (non-hydrogen) atoms. The number of halogens is 2. The van der Waals surface area contributed by atoms with E-state index in [9.17, 15) is 8.78 Å². The maximum absolute atomic E-state index is 12.6. The van der Waals surface area contributed by atoms with E-state index >= 15 is 0 Å². The molecule has 1 aliphatic heterocycles. The molecular formula is C15H22F2N2S. The fourth-order valence-electron chi connectivity index (χ4n) is 2.73. The fraction of sp³-hybridized carbons (Fsp3) is 0.600. The van der Waals surface area contributed by atoms with Crippen LogP contribution in [0, 0.1) is 5.92 Å². The highest BCUT2D eigenvalue weighted by molar-refractivity contribution is 7.99. The number of nitrogens with zero attached hydrogens (tertiary/aromatic N) is 1. The largest absolute Gasteiger partial charge is 0.381 e. The molecule has 0 radical (unpaired) electrons. The normalized spacial score (nSPS) is 27.8. The van der Waals surface area contributed by atoms with Gasteiger partial charge in [0.15, 0.2) is 0 Å². The van der Waals surface area contributed by atoms with E-state index in [1.165, 1.54) is 0 Å². The SMILES string of the molecule is CC1CN(C)C(C)CC1Nc1ccccc1SC(F)F. The van der Waals surface area contributed by atoms with Gasteiger partial charge in [-0.05, 0) is 38.4 Å². The maximum atomic E-state index is 12.6. The summed E-state index contributed by atoms with van der Waals surface area (Å²) >= 11 is 0.610. The summed E-state index contributed by atoms with van der Waals surface area (Å²) in [5.41, 5.74) is 0.825. The van der Waals surface area contributed by atoms with Crippen molar-refractivity contribution in [3.05, 3.63) is 24.3 Å². The Hall–Kier alpha value is -0.810. The molecule has 3 unspecified atom stereocenters. The quantitative estimate of drug-likeness (QED) is 0.841. The van der Waals surface area contributed by atoms with Crippen molar-refractivity contribution in [2.45, 2.75) is 43.0 Å². The third kappa shape index (κ3) is 3.85. The van der Waals surface area contributed by atoms with Crippen molar-refractivity contribution in [2.75, 3.05) is 18.9 Å². The van der Waals surface area contributed by atoms with Gasteiger partial charge in [-0.15, -0.1) is 0 Å². The summed E-state index contributed by atoms with van der Waals surface area (Å²) in [6.45, 7) is 5.45. The number of rotatable bonds is 4. The van der Waals surface area contributed by atoms with Crippen molar-refractivity contribution in [3.63, 3.8) is 0 Å². The molecule has 0 spiro atoms. The molecule has 1 heterocycles. The Kier molecular flexibility index (Phi) is 5.27. The van der Waals surface area contributed by atoms with E-state index in [0.717, 1.165) is 18.7 Å². The van der Waals surface area contributed by atoms with Crippen LogP contribution in [0.1, 0.15) is 20.3 Å². The molecule has 1 aromatic rings. The summed E-state index contributed by atoms with van der Waals surface area (Å²) in [4.78, 5) is 2.98. The molecule has 2 nitrogen and oxygen atoms in total. The molecule has 1 aliphatic rings. The third-order valence-corrected chi connectivity index (χ3v) is 4.84. The van der Waals surface area contributed by atoms with Gasteiger partial charge in [-0.25, -0.2) is 0 Å². The van der Waals surface area contributed by atoms with Crippen molar-refractivity contribution in [2.24, 2.45) is 5.92 Å². The Morgan fingerprint density at radius 1 is 1.30 bits per heavy atom. The van der Waals surface area contributed by atoms with E-state index in [-0.39, 0.29) is 0 Å². The van der Waals surface area contributed by atoms with Gasteiger partial charge in [0.25, 0.3) is 5.76 Å². The minimum Gasteiger partial charge on any atom is -0.381 e. The van der Waals surface area contributed by atoms with Crippen molar-refractivity contribution < 1.29 is 8.78 Å². The highest BCUT2D eigenvalue weighted by atomic mass is 32.2. The first-order valence-electron chi connectivity index (χ1n) is 6.98. The van der Waals surface area contributed by atoms with Gasteiger partial charge in [-0.1, -0.05) is 30.8 Å². The zero-order chi connectivity index (χ0) is 14.7. The molecule has 0 aliphatic carbocycles. The Morgan fingerprint density at radius 2 is 2.00 bits per heavy atom. The van der Waals surface area contributed by atoms with Crippen molar-refractivity contribution in [1.82, 2.24) is 4.90 Å². The Morgan fingerprint density at radius 3 is 2.70 bits per heavy atom. The van der Waals surface area contributed by atoms with Crippen LogP contribution in [0.15, 0.2) is 29.2 Å². The van der Waals surface area contributed by atoms with Crippen LogP contribution in [-0.4, -0.2) is 36.3 Å². The van der Waals surface area contributed by atoms with E-state index < -0.39 is 5.76 Å². The molecule has 1 aromatic carbocycles. The fourth-order valence-corrected chi connectivity index (χ4v) is 3.33. The third-order valence-electron chi connectivity index (χ3n) is 4.05. The molecule has 5 heteroatoms. The predicted molar refractivity (Wildman–Crippen MR) is 81.6 cm³/mol. The van der Waals surface area contributed by atoms with Crippen LogP contribution >= 0.6 is 11.8 Å². The van der Waals surface area contributed by atoms with Crippen LogP contribution in [-0.2, 0) is 0 Å². The lowest BCUT2D eigenvalue weighted by Crippen LogP contribution is -2.48. The lowest BCUT2D eigenvalue weighted by Gasteiger charge is -2.40. The maximum Gasteiger partial charge on any atom is 0.288 e. The number of para-hydroxylation sites is 1. The summed E-state index contributed by atoms with van der Waals surface area (Å²) in [5, 5.41) is 3.47. The van der Waals surface area contributed by atoms with E-state index in [2.05, 4.69) is 31.1 Å². The number of likely N-dealkylation sites (tertiary alicyclic amines) is 1. The number of benzene rings is 1. The number of hydrogen-bond acceptors (Lipinski definition) is 3. The summed E-state index contributed by atoms with van der Waals surface area (Å²) in [5.74, 6) is -1.88. The first kappa shape index (κ1) is 15.6. The van der Waals surface area contributed by atoms with Gasteiger partial charge in [-0.2, -0.15) is 8.78 Å². The molecule has 0 amide bonds. The Balaban J connectivity index is 2.09. The zero-order valence-corrected chi connectivity index (χ0v) is 13.0.